The Morgan fingerprint density at radius 1 is 1.15 bits per heavy atom. The van der Waals surface area contributed by atoms with E-state index in [0.717, 1.165) is 11.3 Å². The lowest BCUT2D eigenvalue weighted by atomic mass is 10.1. The van der Waals surface area contributed by atoms with Crippen molar-refractivity contribution in [2.45, 2.75) is 6.61 Å². The lowest BCUT2D eigenvalue weighted by molar-refractivity contribution is 0.0726. The van der Waals surface area contributed by atoms with Gasteiger partial charge in [-0.1, -0.05) is 24.3 Å². The van der Waals surface area contributed by atoms with Crippen molar-refractivity contribution < 1.29 is 18.7 Å². The number of hydrogen-bond acceptors (Lipinski definition) is 3. The molecule has 0 heterocycles. The van der Waals surface area contributed by atoms with Gasteiger partial charge in [-0.05, 0) is 29.8 Å². The summed E-state index contributed by atoms with van der Waals surface area (Å²) in [5.41, 5.74) is 1.23. The van der Waals surface area contributed by atoms with Gasteiger partial charge in [0.15, 0.2) is 5.78 Å². The Morgan fingerprint density at radius 2 is 1.95 bits per heavy atom. The Bertz CT molecular complexity index is 596. The van der Waals surface area contributed by atoms with Crippen LogP contribution in [0.2, 0.25) is 0 Å². The summed E-state index contributed by atoms with van der Waals surface area (Å²) in [5.74, 6) is 0.0681. The summed E-state index contributed by atoms with van der Waals surface area (Å²) >= 11 is 0. The second-order valence-corrected chi connectivity index (χ2v) is 4.28. The number of halogens is 1. The summed E-state index contributed by atoms with van der Waals surface area (Å²) in [7, 11) is 1.59. The first kappa shape index (κ1) is 14.2. The van der Waals surface area contributed by atoms with Gasteiger partial charge in [0.25, 0.3) is 0 Å². The van der Waals surface area contributed by atoms with Gasteiger partial charge in [0.05, 0.1) is 13.7 Å². The molecular weight excluding hydrogens is 259 g/mol. The van der Waals surface area contributed by atoms with Crippen LogP contribution >= 0.6 is 0 Å². The number of ether oxygens (including phenoxy) is 2. The van der Waals surface area contributed by atoms with Crippen LogP contribution in [0.1, 0.15) is 15.9 Å². The third-order valence-corrected chi connectivity index (χ3v) is 2.78. The van der Waals surface area contributed by atoms with Crippen LogP contribution in [0.3, 0.4) is 0 Å². The summed E-state index contributed by atoms with van der Waals surface area (Å²) in [6, 6.07) is 13.0. The SMILES string of the molecule is COc1cccc(COCC(=O)c2cccc(F)c2)c1. The van der Waals surface area contributed by atoms with Crippen LogP contribution in [0.25, 0.3) is 0 Å². The number of carbonyl (C=O) groups excluding carboxylic acids is 1. The topological polar surface area (TPSA) is 35.5 Å². The Kier molecular flexibility index (Phi) is 4.85. The second-order valence-electron chi connectivity index (χ2n) is 4.28. The van der Waals surface area contributed by atoms with Crippen LogP contribution in [0.5, 0.6) is 5.75 Å². The van der Waals surface area contributed by atoms with Gasteiger partial charge in [0.2, 0.25) is 0 Å². The Hall–Kier alpha value is -2.20. The summed E-state index contributed by atoms with van der Waals surface area (Å²) in [5, 5.41) is 0. The summed E-state index contributed by atoms with van der Waals surface area (Å²) in [4.78, 5) is 11.8. The number of methoxy groups -OCH3 is 1. The average molecular weight is 274 g/mol. The summed E-state index contributed by atoms with van der Waals surface area (Å²) < 4.78 is 23.4. The highest BCUT2D eigenvalue weighted by Gasteiger charge is 2.07. The first-order chi connectivity index (χ1) is 9.69. The third kappa shape index (κ3) is 3.90. The third-order valence-electron chi connectivity index (χ3n) is 2.78. The van der Waals surface area contributed by atoms with Gasteiger partial charge in [-0.3, -0.25) is 4.79 Å². The van der Waals surface area contributed by atoms with Crippen molar-refractivity contribution in [3.8, 4) is 5.75 Å². The van der Waals surface area contributed by atoms with E-state index in [-0.39, 0.29) is 12.4 Å². The molecule has 0 saturated heterocycles. The van der Waals surface area contributed by atoms with Crippen molar-refractivity contribution in [1.82, 2.24) is 0 Å². The van der Waals surface area contributed by atoms with E-state index in [0.29, 0.717) is 12.2 Å². The maximum atomic E-state index is 13.0. The number of Topliss-reactive ketones (excluding diaryl/α,β-unsaturated/α-hetero) is 1. The number of rotatable bonds is 6. The minimum absolute atomic E-state index is 0.0827. The molecule has 0 spiro atoms. The normalized spacial score (nSPS) is 10.3. The lowest BCUT2D eigenvalue weighted by Crippen LogP contribution is -2.09. The van der Waals surface area contributed by atoms with E-state index in [1.807, 2.05) is 24.3 Å². The quantitative estimate of drug-likeness (QED) is 0.759. The molecule has 0 amide bonds. The highest BCUT2D eigenvalue weighted by Crippen LogP contribution is 2.13. The molecule has 0 bridgehead atoms. The Labute approximate surface area is 117 Å². The molecule has 0 aliphatic carbocycles. The molecule has 4 heteroatoms. The van der Waals surface area contributed by atoms with Gasteiger partial charge in [0, 0.05) is 5.56 Å². The molecule has 0 aromatic heterocycles. The molecular formula is C16H15FO3. The molecule has 2 rings (SSSR count). The van der Waals surface area contributed by atoms with E-state index in [4.69, 9.17) is 9.47 Å². The molecule has 2 aromatic rings. The highest BCUT2D eigenvalue weighted by molar-refractivity contribution is 5.97. The predicted molar refractivity (Wildman–Crippen MR) is 73.4 cm³/mol. The Morgan fingerprint density at radius 3 is 2.70 bits per heavy atom. The molecule has 0 unspecified atom stereocenters. The fourth-order valence-corrected chi connectivity index (χ4v) is 1.77. The predicted octanol–water partition coefficient (Wildman–Crippen LogP) is 3.23. The standard InChI is InChI=1S/C16H15FO3/c1-19-15-7-2-4-12(8-15)10-20-11-16(18)13-5-3-6-14(17)9-13/h2-9H,10-11H2,1H3. The molecule has 0 aliphatic heterocycles. The fraction of sp³-hybridized carbons (Fsp3) is 0.188. The maximum Gasteiger partial charge on any atom is 0.188 e. The second kappa shape index (κ2) is 6.82. The van der Waals surface area contributed by atoms with E-state index in [2.05, 4.69) is 0 Å². The van der Waals surface area contributed by atoms with Crippen molar-refractivity contribution >= 4 is 5.78 Å². The van der Waals surface area contributed by atoms with Gasteiger partial charge < -0.3 is 9.47 Å². The molecule has 2 aromatic carbocycles. The van der Waals surface area contributed by atoms with Crippen molar-refractivity contribution in [3.05, 3.63) is 65.5 Å². The van der Waals surface area contributed by atoms with Crippen molar-refractivity contribution in [2.75, 3.05) is 13.7 Å². The van der Waals surface area contributed by atoms with Gasteiger partial charge in [-0.25, -0.2) is 4.39 Å². The maximum absolute atomic E-state index is 13.0. The Balaban J connectivity index is 1.88. The number of ketones is 1. The van der Waals surface area contributed by atoms with Crippen LogP contribution in [0.4, 0.5) is 4.39 Å². The lowest BCUT2D eigenvalue weighted by Gasteiger charge is -2.06. The molecule has 0 saturated carbocycles. The summed E-state index contributed by atoms with van der Waals surface area (Å²) in [6.07, 6.45) is 0. The van der Waals surface area contributed by atoms with E-state index in [9.17, 15) is 9.18 Å². The zero-order chi connectivity index (χ0) is 14.4. The first-order valence-corrected chi connectivity index (χ1v) is 6.18. The van der Waals surface area contributed by atoms with E-state index >= 15 is 0 Å². The number of benzene rings is 2. The van der Waals surface area contributed by atoms with Gasteiger partial charge >= 0.3 is 0 Å². The summed E-state index contributed by atoms with van der Waals surface area (Å²) in [6.45, 7) is 0.221. The van der Waals surface area contributed by atoms with Crippen LogP contribution in [0, 0.1) is 5.82 Å². The minimum Gasteiger partial charge on any atom is -0.497 e. The largest absolute Gasteiger partial charge is 0.497 e. The van der Waals surface area contributed by atoms with Crippen LogP contribution in [-0.4, -0.2) is 19.5 Å². The van der Waals surface area contributed by atoms with Crippen molar-refractivity contribution in [2.24, 2.45) is 0 Å². The van der Waals surface area contributed by atoms with E-state index in [1.165, 1.54) is 18.2 Å². The molecule has 0 aliphatic rings. The smallest absolute Gasteiger partial charge is 0.188 e. The van der Waals surface area contributed by atoms with E-state index in [1.54, 1.807) is 13.2 Å². The zero-order valence-corrected chi connectivity index (χ0v) is 11.1. The molecule has 0 fully saturated rings. The van der Waals surface area contributed by atoms with Crippen LogP contribution < -0.4 is 4.74 Å². The van der Waals surface area contributed by atoms with Crippen molar-refractivity contribution in [1.29, 1.82) is 0 Å². The van der Waals surface area contributed by atoms with Crippen molar-refractivity contribution in [3.63, 3.8) is 0 Å². The highest BCUT2D eigenvalue weighted by atomic mass is 19.1. The van der Waals surface area contributed by atoms with Gasteiger partial charge in [0.1, 0.15) is 18.2 Å². The average Bonchev–Trinajstić information content (AvgIpc) is 2.47. The first-order valence-electron chi connectivity index (χ1n) is 6.18. The molecule has 104 valence electrons. The monoisotopic (exact) mass is 274 g/mol. The molecule has 0 radical (unpaired) electrons. The number of hydrogen-bond donors (Lipinski definition) is 0. The zero-order valence-electron chi connectivity index (χ0n) is 11.1. The van der Waals surface area contributed by atoms with Crippen LogP contribution in [0.15, 0.2) is 48.5 Å². The molecule has 3 nitrogen and oxygen atoms in total. The molecule has 0 atom stereocenters. The number of carbonyl (C=O) groups is 1. The van der Waals surface area contributed by atoms with Gasteiger partial charge in [-0.2, -0.15) is 0 Å². The minimum atomic E-state index is -0.427. The van der Waals surface area contributed by atoms with Crippen LogP contribution in [-0.2, 0) is 11.3 Å². The molecule has 0 N–H and O–H groups in total. The van der Waals surface area contributed by atoms with E-state index < -0.39 is 5.82 Å². The fourth-order valence-electron chi connectivity index (χ4n) is 1.77. The van der Waals surface area contributed by atoms with Gasteiger partial charge in [-0.15, -0.1) is 0 Å². The molecule has 20 heavy (non-hydrogen) atoms.